The van der Waals surface area contributed by atoms with Gasteiger partial charge in [0.15, 0.2) is 4.96 Å². The predicted molar refractivity (Wildman–Crippen MR) is 102 cm³/mol. The molecule has 0 aliphatic carbocycles. The van der Waals surface area contributed by atoms with Gasteiger partial charge in [0.05, 0.1) is 5.69 Å². The topological polar surface area (TPSA) is 57.9 Å². The van der Waals surface area contributed by atoms with Crippen molar-refractivity contribution in [2.45, 2.75) is 13.5 Å². The quantitative estimate of drug-likeness (QED) is 0.692. The van der Waals surface area contributed by atoms with E-state index in [9.17, 15) is 14.0 Å². The van der Waals surface area contributed by atoms with Crippen LogP contribution in [0.3, 0.4) is 0 Å². The summed E-state index contributed by atoms with van der Waals surface area (Å²) in [6, 6.07) is 6.16. The highest BCUT2D eigenvalue weighted by atomic mass is 32.1. The van der Waals surface area contributed by atoms with E-state index in [0.717, 1.165) is 5.69 Å². The Hall–Kier alpha value is -2.58. The molecule has 3 heterocycles. The number of hydrogen-bond acceptors (Lipinski definition) is 5. The summed E-state index contributed by atoms with van der Waals surface area (Å²) in [6.07, 6.45) is 1.72. The third kappa shape index (κ3) is 3.63. The Balaban J connectivity index is 1.40. The Bertz CT molecular complexity index is 1050. The number of aryl methyl sites for hydroxylation is 1. The molecule has 27 heavy (non-hydrogen) atoms. The van der Waals surface area contributed by atoms with Crippen LogP contribution < -0.4 is 5.56 Å². The van der Waals surface area contributed by atoms with E-state index >= 15 is 0 Å². The Morgan fingerprint density at radius 1 is 1.22 bits per heavy atom. The van der Waals surface area contributed by atoms with Gasteiger partial charge in [0.1, 0.15) is 5.82 Å². The van der Waals surface area contributed by atoms with Gasteiger partial charge in [0.25, 0.3) is 11.5 Å². The van der Waals surface area contributed by atoms with Crippen molar-refractivity contribution in [1.29, 1.82) is 0 Å². The molecule has 1 aliphatic heterocycles. The molecule has 1 aliphatic rings. The van der Waals surface area contributed by atoms with Gasteiger partial charge in [0, 0.05) is 55.9 Å². The van der Waals surface area contributed by atoms with Crippen LogP contribution in [0.1, 0.15) is 21.6 Å². The number of fused-ring (bicyclic) bond motifs is 1. The SMILES string of the molecule is Cc1ccc(C(=O)N2CCN(Cc3cc(=O)n4ccsc4n3)CC2)cc1F. The molecule has 3 aromatic rings. The van der Waals surface area contributed by atoms with Crippen LogP contribution in [0.4, 0.5) is 4.39 Å². The molecule has 4 rings (SSSR count). The van der Waals surface area contributed by atoms with E-state index in [2.05, 4.69) is 9.88 Å². The summed E-state index contributed by atoms with van der Waals surface area (Å²) in [5.74, 6) is -0.509. The lowest BCUT2D eigenvalue weighted by Gasteiger charge is -2.34. The van der Waals surface area contributed by atoms with Gasteiger partial charge in [-0.05, 0) is 24.6 Å². The minimum absolute atomic E-state index is 0.0774. The number of benzene rings is 1. The number of hydrogen-bond donors (Lipinski definition) is 0. The molecular weight excluding hydrogens is 367 g/mol. The zero-order chi connectivity index (χ0) is 19.0. The Morgan fingerprint density at radius 3 is 2.74 bits per heavy atom. The Kier molecular flexibility index (Phi) is 4.75. The Labute approximate surface area is 159 Å². The first kappa shape index (κ1) is 17.8. The van der Waals surface area contributed by atoms with Crippen molar-refractivity contribution in [3.63, 3.8) is 0 Å². The van der Waals surface area contributed by atoms with Crippen molar-refractivity contribution in [1.82, 2.24) is 19.2 Å². The molecule has 0 bridgehead atoms. The third-order valence-corrected chi connectivity index (χ3v) is 5.58. The van der Waals surface area contributed by atoms with Crippen molar-refractivity contribution in [3.8, 4) is 0 Å². The zero-order valence-corrected chi connectivity index (χ0v) is 15.7. The minimum atomic E-state index is -0.360. The maximum atomic E-state index is 13.7. The van der Waals surface area contributed by atoms with Crippen LogP contribution >= 0.6 is 11.3 Å². The van der Waals surface area contributed by atoms with Crippen LogP contribution in [-0.2, 0) is 6.54 Å². The highest BCUT2D eigenvalue weighted by molar-refractivity contribution is 7.15. The van der Waals surface area contributed by atoms with Crippen molar-refractivity contribution >= 4 is 22.2 Å². The number of carbonyl (C=O) groups excluding carboxylic acids is 1. The molecule has 6 nitrogen and oxygen atoms in total. The fourth-order valence-electron chi connectivity index (χ4n) is 3.22. The Morgan fingerprint density at radius 2 is 2.00 bits per heavy atom. The van der Waals surface area contributed by atoms with Gasteiger partial charge >= 0.3 is 0 Å². The van der Waals surface area contributed by atoms with Gasteiger partial charge in [0.2, 0.25) is 0 Å². The fraction of sp³-hybridized carbons (Fsp3) is 0.316. The van der Waals surface area contributed by atoms with Crippen LogP contribution in [0.5, 0.6) is 0 Å². The van der Waals surface area contributed by atoms with E-state index in [1.54, 1.807) is 36.2 Å². The van der Waals surface area contributed by atoms with Crippen LogP contribution in [0, 0.1) is 12.7 Å². The molecule has 0 radical (unpaired) electrons. The predicted octanol–water partition coefficient (Wildman–Crippen LogP) is 2.16. The van der Waals surface area contributed by atoms with Crippen molar-refractivity contribution in [2.75, 3.05) is 26.2 Å². The standard InChI is InChI=1S/C19H19FN4O2S/c1-13-2-3-14(10-16(13)20)18(26)23-6-4-22(5-7-23)12-15-11-17(25)24-8-9-27-19(24)21-15/h2-3,8-11H,4-7,12H2,1H3. The molecule has 2 aromatic heterocycles. The van der Waals surface area contributed by atoms with Gasteiger partial charge < -0.3 is 4.90 Å². The number of nitrogens with zero attached hydrogens (tertiary/aromatic N) is 4. The van der Waals surface area contributed by atoms with Gasteiger partial charge in [-0.3, -0.25) is 18.9 Å². The second kappa shape index (κ2) is 7.21. The number of aromatic nitrogens is 2. The van der Waals surface area contributed by atoms with Crippen LogP contribution in [0.15, 0.2) is 40.6 Å². The van der Waals surface area contributed by atoms with Crippen LogP contribution in [0.25, 0.3) is 4.96 Å². The molecule has 0 spiro atoms. The summed E-state index contributed by atoms with van der Waals surface area (Å²) in [5.41, 5.74) is 1.57. The first-order chi connectivity index (χ1) is 13.0. The fourth-order valence-corrected chi connectivity index (χ4v) is 3.95. The monoisotopic (exact) mass is 386 g/mol. The highest BCUT2D eigenvalue weighted by Gasteiger charge is 2.23. The van der Waals surface area contributed by atoms with E-state index in [1.807, 2.05) is 5.38 Å². The molecule has 1 amide bonds. The molecule has 0 N–H and O–H groups in total. The first-order valence-corrected chi connectivity index (χ1v) is 9.63. The number of halogens is 1. The van der Waals surface area contributed by atoms with E-state index in [4.69, 9.17) is 0 Å². The lowest BCUT2D eigenvalue weighted by molar-refractivity contribution is 0.0626. The zero-order valence-electron chi connectivity index (χ0n) is 14.9. The molecular formula is C19H19FN4O2S. The smallest absolute Gasteiger partial charge is 0.258 e. The molecule has 140 valence electrons. The minimum Gasteiger partial charge on any atom is -0.336 e. The maximum absolute atomic E-state index is 13.7. The molecule has 1 aromatic carbocycles. The van der Waals surface area contributed by atoms with E-state index in [-0.39, 0.29) is 17.3 Å². The first-order valence-electron chi connectivity index (χ1n) is 8.75. The van der Waals surface area contributed by atoms with Gasteiger partial charge in [-0.1, -0.05) is 6.07 Å². The lowest BCUT2D eigenvalue weighted by Crippen LogP contribution is -2.48. The van der Waals surface area contributed by atoms with Crippen molar-refractivity contribution in [3.05, 3.63) is 68.8 Å². The lowest BCUT2D eigenvalue weighted by atomic mass is 10.1. The number of piperazine rings is 1. The summed E-state index contributed by atoms with van der Waals surface area (Å²) in [4.78, 5) is 33.8. The summed E-state index contributed by atoms with van der Waals surface area (Å²) >= 11 is 1.43. The van der Waals surface area contributed by atoms with Gasteiger partial charge in [-0.15, -0.1) is 11.3 Å². The summed E-state index contributed by atoms with van der Waals surface area (Å²) in [7, 11) is 0. The molecule has 0 atom stereocenters. The average Bonchev–Trinajstić information content (AvgIpc) is 3.13. The average molecular weight is 386 g/mol. The van der Waals surface area contributed by atoms with Crippen LogP contribution in [0.2, 0.25) is 0 Å². The summed E-state index contributed by atoms with van der Waals surface area (Å²) < 4.78 is 15.3. The molecule has 1 fully saturated rings. The molecule has 0 saturated carbocycles. The normalized spacial score (nSPS) is 15.4. The molecule has 8 heteroatoms. The molecule has 1 saturated heterocycles. The van der Waals surface area contributed by atoms with Gasteiger partial charge in [-0.25, -0.2) is 9.37 Å². The van der Waals surface area contributed by atoms with E-state index < -0.39 is 0 Å². The van der Waals surface area contributed by atoms with Crippen molar-refractivity contribution < 1.29 is 9.18 Å². The summed E-state index contributed by atoms with van der Waals surface area (Å²) in [6.45, 7) is 4.75. The third-order valence-electron chi connectivity index (χ3n) is 4.82. The number of thiazole rings is 1. The number of carbonyl (C=O) groups is 1. The van der Waals surface area contributed by atoms with E-state index in [1.165, 1.54) is 21.8 Å². The second-order valence-corrected chi connectivity index (χ2v) is 7.55. The van der Waals surface area contributed by atoms with Crippen LogP contribution in [-0.4, -0.2) is 51.3 Å². The summed E-state index contributed by atoms with van der Waals surface area (Å²) in [5, 5.41) is 1.84. The van der Waals surface area contributed by atoms with Crippen molar-refractivity contribution in [2.24, 2.45) is 0 Å². The largest absolute Gasteiger partial charge is 0.336 e. The van der Waals surface area contributed by atoms with E-state index in [0.29, 0.717) is 48.8 Å². The van der Waals surface area contributed by atoms with Gasteiger partial charge in [-0.2, -0.15) is 0 Å². The second-order valence-electron chi connectivity index (χ2n) is 6.67. The molecule has 0 unspecified atom stereocenters. The maximum Gasteiger partial charge on any atom is 0.258 e. The highest BCUT2D eigenvalue weighted by Crippen LogP contribution is 2.14. The number of amides is 1. The number of rotatable bonds is 3.